The van der Waals surface area contributed by atoms with Gasteiger partial charge < -0.3 is 11.1 Å². The fourth-order valence-corrected chi connectivity index (χ4v) is 2.79. The van der Waals surface area contributed by atoms with E-state index in [1.165, 1.54) is 12.1 Å². The molecule has 21 heavy (non-hydrogen) atoms. The van der Waals surface area contributed by atoms with Crippen molar-refractivity contribution in [2.45, 2.75) is 44.0 Å². The fourth-order valence-electron chi connectivity index (χ4n) is 1.87. The molecule has 1 aromatic carbocycles. The zero-order valence-electron chi connectivity index (χ0n) is 12.8. The molecule has 1 rings (SSSR count). The summed E-state index contributed by atoms with van der Waals surface area (Å²) in [6, 6.07) is 6.39. The zero-order chi connectivity index (χ0) is 15.7. The van der Waals surface area contributed by atoms with E-state index < -0.39 is 0 Å². The van der Waals surface area contributed by atoms with E-state index in [1.807, 2.05) is 6.92 Å². The molecular weight excluding hydrogens is 287 g/mol. The Bertz CT molecular complexity index is 425. The Morgan fingerprint density at radius 3 is 2.62 bits per heavy atom. The van der Waals surface area contributed by atoms with Crippen LogP contribution in [0.3, 0.4) is 0 Å². The highest BCUT2D eigenvalue weighted by atomic mass is 32.2. The van der Waals surface area contributed by atoms with Crippen LogP contribution in [0, 0.1) is 11.7 Å². The summed E-state index contributed by atoms with van der Waals surface area (Å²) >= 11 is 1.56. The van der Waals surface area contributed by atoms with Crippen LogP contribution in [0.5, 0.6) is 0 Å². The number of thioether (sulfide) groups is 1. The van der Waals surface area contributed by atoms with Gasteiger partial charge in [0.05, 0.1) is 0 Å². The molecular formula is C16H25FN2OS. The number of hydrogen-bond acceptors (Lipinski definition) is 3. The lowest BCUT2D eigenvalue weighted by molar-refractivity contribution is -0.124. The Kier molecular flexibility index (Phi) is 8.38. The van der Waals surface area contributed by atoms with Crippen molar-refractivity contribution in [3.05, 3.63) is 30.1 Å². The second-order valence-electron chi connectivity index (χ2n) is 5.25. The summed E-state index contributed by atoms with van der Waals surface area (Å²) in [5.41, 5.74) is 5.69. The minimum atomic E-state index is -0.244. The van der Waals surface area contributed by atoms with Gasteiger partial charge in [-0.2, -0.15) is 0 Å². The van der Waals surface area contributed by atoms with E-state index in [0.29, 0.717) is 12.3 Å². The van der Waals surface area contributed by atoms with Crippen LogP contribution in [-0.2, 0) is 4.79 Å². The van der Waals surface area contributed by atoms with Gasteiger partial charge in [-0.15, -0.1) is 11.8 Å². The second-order valence-corrected chi connectivity index (χ2v) is 6.34. The van der Waals surface area contributed by atoms with Crippen molar-refractivity contribution < 1.29 is 9.18 Å². The number of nitrogens with two attached hydrogens (primary N) is 1. The Hall–Kier alpha value is -1.07. The number of carbonyl (C=O) groups is 1. The van der Waals surface area contributed by atoms with Gasteiger partial charge in [-0.25, -0.2) is 4.39 Å². The number of halogens is 1. The van der Waals surface area contributed by atoms with Crippen molar-refractivity contribution in [3.8, 4) is 0 Å². The van der Waals surface area contributed by atoms with Gasteiger partial charge in [0, 0.05) is 29.2 Å². The lowest BCUT2D eigenvalue weighted by Crippen LogP contribution is -2.43. The molecule has 118 valence electrons. The number of unbranched alkanes of at least 4 members (excludes halogenated alkanes) is 1. The van der Waals surface area contributed by atoms with Gasteiger partial charge in [-0.05, 0) is 30.7 Å². The van der Waals surface area contributed by atoms with E-state index in [4.69, 9.17) is 5.73 Å². The molecule has 0 aliphatic carbocycles. The first-order valence-electron chi connectivity index (χ1n) is 7.45. The van der Waals surface area contributed by atoms with Crippen LogP contribution in [0.2, 0.25) is 0 Å². The van der Waals surface area contributed by atoms with E-state index in [2.05, 4.69) is 12.2 Å². The van der Waals surface area contributed by atoms with Crippen molar-refractivity contribution in [1.29, 1.82) is 0 Å². The van der Waals surface area contributed by atoms with Gasteiger partial charge in [0.1, 0.15) is 5.82 Å². The topological polar surface area (TPSA) is 55.1 Å². The van der Waals surface area contributed by atoms with Crippen LogP contribution in [0.25, 0.3) is 0 Å². The zero-order valence-corrected chi connectivity index (χ0v) is 13.6. The van der Waals surface area contributed by atoms with E-state index in [9.17, 15) is 9.18 Å². The first kappa shape index (κ1) is 18.0. The van der Waals surface area contributed by atoms with E-state index >= 15 is 0 Å². The first-order valence-corrected chi connectivity index (χ1v) is 8.44. The molecule has 0 aliphatic rings. The largest absolute Gasteiger partial charge is 0.352 e. The summed E-state index contributed by atoms with van der Waals surface area (Å²) in [4.78, 5) is 13.1. The standard InChI is InChI=1S/C16H25FN2OS/c1-3-4-5-14(10-18)19-16(20)12(2)11-21-15-8-6-13(17)7-9-15/h6-9,12,14H,3-5,10-11,18H2,1-2H3,(H,19,20). The van der Waals surface area contributed by atoms with Crippen molar-refractivity contribution in [3.63, 3.8) is 0 Å². The molecule has 0 spiro atoms. The molecule has 0 saturated carbocycles. The molecule has 0 saturated heterocycles. The summed E-state index contributed by atoms with van der Waals surface area (Å²) in [6.45, 7) is 4.50. The SMILES string of the molecule is CCCCC(CN)NC(=O)C(C)CSc1ccc(F)cc1. The lowest BCUT2D eigenvalue weighted by Gasteiger charge is -2.19. The lowest BCUT2D eigenvalue weighted by atomic mass is 10.1. The highest BCUT2D eigenvalue weighted by Crippen LogP contribution is 2.21. The van der Waals surface area contributed by atoms with E-state index in [0.717, 1.165) is 24.2 Å². The highest BCUT2D eigenvalue weighted by Gasteiger charge is 2.16. The predicted octanol–water partition coefficient (Wildman–Crippen LogP) is 3.19. The number of nitrogens with one attached hydrogen (secondary N) is 1. The third-order valence-corrected chi connectivity index (χ3v) is 4.57. The Labute approximate surface area is 130 Å². The molecule has 2 atom stereocenters. The summed E-state index contributed by atoms with van der Waals surface area (Å²) in [5.74, 6) is 0.362. The average molecular weight is 312 g/mol. The summed E-state index contributed by atoms with van der Waals surface area (Å²) in [7, 11) is 0. The van der Waals surface area contributed by atoms with Crippen molar-refractivity contribution in [2.24, 2.45) is 11.7 Å². The third kappa shape index (κ3) is 6.96. The van der Waals surface area contributed by atoms with Gasteiger partial charge in [0.15, 0.2) is 0 Å². The van der Waals surface area contributed by atoms with Crippen LogP contribution in [0.4, 0.5) is 4.39 Å². The minimum absolute atomic E-state index is 0.0381. The molecule has 0 radical (unpaired) electrons. The molecule has 0 aromatic heterocycles. The van der Waals surface area contributed by atoms with E-state index in [1.54, 1.807) is 23.9 Å². The quantitative estimate of drug-likeness (QED) is 0.689. The molecule has 3 nitrogen and oxygen atoms in total. The molecule has 5 heteroatoms. The van der Waals surface area contributed by atoms with Gasteiger partial charge in [0.25, 0.3) is 0 Å². The van der Waals surface area contributed by atoms with Crippen molar-refractivity contribution >= 4 is 17.7 Å². The highest BCUT2D eigenvalue weighted by molar-refractivity contribution is 7.99. The first-order chi connectivity index (χ1) is 10.1. The smallest absolute Gasteiger partial charge is 0.223 e. The van der Waals surface area contributed by atoms with Gasteiger partial charge >= 0.3 is 0 Å². The summed E-state index contributed by atoms with van der Waals surface area (Å²) in [5, 5.41) is 3.01. The molecule has 0 aliphatic heterocycles. The normalized spacial score (nSPS) is 13.7. The molecule has 0 bridgehead atoms. The monoisotopic (exact) mass is 312 g/mol. The molecule has 1 aromatic rings. The Morgan fingerprint density at radius 1 is 1.38 bits per heavy atom. The Morgan fingerprint density at radius 2 is 2.05 bits per heavy atom. The number of carbonyl (C=O) groups excluding carboxylic acids is 1. The van der Waals surface area contributed by atoms with Gasteiger partial charge in [0.2, 0.25) is 5.91 Å². The minimum Gasteiger partial charge on any atom is -0.352 e. The van der Waals surface area contributed by atoms with Crippen LogP contribution in [0.15, 0.2) is 29.2 Å². The van der Waals surface area contributed by atoms with E-state index in [-0.39, 0.29) is 23.7 Å². The number of benzene rings is 1. The fraction of sp³-hybridized carbons (Fsp3) is 0.562. The Balaban J connectivity index is 2.37. The molecule has 1 amide bonds. The van der Waals surface area contributed by atoms with Gasteiger partial charge in [-0.1, -0.05) is 26.7 Å². The molecule has 0 heterocycles. The maximum absolute atomic E-state index is 12.8. The van der Waals surface area contributed by atoms with Gasteiger partial charge in [-0.3, -0.25) is 4.79 Å². The number of amides is 1. The maximum atomic E-state index is 12.8. The number of hydrogen-bond donors (Lipinski definition) is 2. The van der Waals surface area contributed by atoms with Crippen LogP contribution < -0.4 is 11.1 Å². The molecule has 3 N–H and O–H groups in total. The molecule has 2 unspecified atom stereocenters. The van der Waals surface area contributed by atoms with Crippen LogP contribution >= 0.6 is 11.8 Å². The third-order valence-electron chi connectivity index (χ3n) is 3.30. The van der Waals surface area contributed by atoms with Crippen LogP contribution in [0.1, 0.15) is 33.1 Å². The second kappa shape index (κ2) is 9.79. The summed E-state index contributed by atoms with van der Waals surface area (Å²) in [6.07, 6.45) is 3.10. The van der Waals surface area contributed by atoms with Crippen molar-refractivity contribution in [1.82, 2.24) is 5.32 Å². The predicted molar refractivity (Wildman–Crippen MR) is 86.8 cm³/mol. The maximum Gasteiger partial charge on any atom is 0.223 e. The van der Waals surface area contributed by atoms with Crippen LogP contribution in [-0.4, -0.2) is 24.2 Å². The van der Waals surface area contributed by atoms with Crippen molar-refractivity contribution in [2.75, 3.05) is 12.3 Å². The molecule has 0 fully saturated rings. The number of rotatable bonds is 9. The average Bonchev–Trinajstić information content (AvgIpc) is 2.50. The summed E-state index contributed by atoms with van der Waals surface area (Å²) < 4.78 is 12.8.